The number of methoxy groups -OCH3 is 1. The number of halogens is 3. The molecule has 4 rings (SSSR count). The molecule has 8 nitrogen and oxygen atoms in total. The van der Waals surface area contributed by atoms with Gasteiger partial charge in [-0.15, -0.1) is 0 Å². The maximum atomic E-state index is 14.5. The molecule has 1 amide bonds. The van der Waals surface area contributed by atoms with Crippen molar-refractivity contribution >= 4 is 55.8 Å². The number of amides is 1. The van der Waals surface area contributed by atoms with Gasteiger partial charge in [0.2, 0.25) is 5.91 Å². The monoisotopic (exact) mass is 523 g/mol. The molecule has 1 atom stereocenters. The lowest BCUT2D eigenvalue weighted by Crippen LogP contribution is -2.54. The quantitative estimate of drug-likeness (QED) is 0.475. The van der Waals surface area contributed by atoms with Crippen molar-refractivity contribution < 1.29 is 18.7 Å². The zero-order valence-electron chi connectivity index (χ0n) is 17.3. The van der Waals surface area contributed by atoms with Gasteiger partial charge < -0.3 is 20.1 Å². The molecule has 2 heterocycles. The van der Waals surface area contributed by atoms with Gasteiger partial charge in [0, 0.05) is 22.5 Å². The topological polar surface area (TPSA) is 88.6 Å². The molecule has 1 aliphatic heterocycles. The fourth-order valence-electron chi connectivity index (χ4n) is 3.48. The highest BCUT2D eigenvalue weighted by Crippen LogP contribution is 2.36. The van der Waals surface area contributed by atoms with E-state index in [1.54, 1.807) is 24.3 Å². The Bertz CT molecular complexity index is 1180. The summed E-state index contributed by atoms with van der Waals surface area (Å²) in [6.45, 7) is 1.32. The van der Waals surface area contributed by atoms with Crippen LogP contribution >= 0.6 is 27.5 Å². The standard InChI is InChI=1S/C21H20BrClFN5O3/c1-29-7-11(27-18(30)8-29)9-32-17-6-15-12(5-16(17)31-2)21(26-10-25-15)28-14-4-3-13(22)19(23)20(14)24/h3-6,10-11H,7-9H2,1-2H3,(H,27,30)(H,25,26,28). The zero-order chi connectivity index (χ0) is 22.8. The van der Waals surface area contributed by atoms with Gasteiger partial charge in [-0.2, -0.15) is 0 Å². The molecule has 2 N–H and O–H groups in total. The number of piperazine rings is 1. The Hall–Kier alpha value is -2.69. The van der Waals surface area contributed by atoms with Crippen LogP contribution in [0.3, 0.4) is 0 Å². The number of nitrogens with one attached hydrogen (secondary N) is 2. The Morgan fingerprint density at radius 2 is 2.16 bits per heavy atom. The number of anilines is 2. The first-order valence-electron chi connectivity index (χ1n) is 9.69. The number of nitrogens with zero attached hydrogens (tertiary/aromatic N) is 3. The molecule has 1 aliphatic rings. The van der Waals surface area contributed by atoms with Gasteiger partial charge in [0.1, 0.15) is 18.8 Å². The van der Waals surface area contributed by atoms with Crippen molar-refractivity contribution in [3.8, 4) is 11.5 Å². The Morgan fingerprint density at radius 1 is 1.34 bits per heavy atom. The summed E-state index contributed by atoms with van der Waals surface area (Å²) in [6, 6.07) is 6.50. The third-order valence-corrected chi connectivity index (χ3v) is 6.22. The normalized spacial score (nSPS) is 16.7. The SMILES string of the molecule is COc1cc2c(Nc3ccc(Br)c(Cl)c3F)ncnc2cc1OCC1CN(C)CC(=O)N1. The average molecular weight is 525 g/mol. The summed E-state index contributed by atoms with van der Waals surface area (Å²) in [7, 11) is 3.41. The number of rotatable bonds is 6. The van der Waals surface area contributed by atoms with Gasteiger partial charge in [0.15, 0.2) is 17.3 Å². The van der Waals surface area contributed by atoms with Crippen LogP contribution in [-0.2, 0) is 4.79 Å². The molecule has 2 aromatic carbocycles. The number of fused-ring (bicyclic) bond motifs is 1. The molecule has 0 radical (unpaired) electrons. The van der Waals surface area contributed by atoms with Gasteiger partial charge in [-0.25, -0.2) is 14.4 Å². The summed E-state index contributed by atoms with van der Waals surface area (Å²) < 4.78 is 26.4. The van der Waals surface area contributed by atoms with E-state index < -0.39 is 5.82 Å². The summed E-state index contributed by atoms with van der Waals surface area (Å²) in [6.07, 6.45) is 1.37. The molecule has 1 fully saturated rings. The smallest absolute Gasteiger partial charge is 0.234 e. The van der Waals surface area contributed by atoms with E-state index in [2.05, 4.69) is 36.5 Å². The summed E-state index contributed by atoms with van der Waals surface area (Å²) in [5, 5.41) is 6.46. The largest absolute Gasteiger partial charge is 0.493 e. The number of hydrogen-bond donors (Lipinski definition) is 2. The lowest BCUT2D eigenvalue weighted by molar-refractivity contribution is -0.125. The Labute approximate surface area is 197 Å². The van der Waals surface area contributed by atoms with Gasteiger partial charge in [-0.05, 0) is 41.2 Å². The van der Waals surface area contributed by atoms with Gasteiger partial charge in [-0.1, -0.05) is 11.6 Å². The van der Waals surface area contributed by atoms with E-state index in [1.807, 2.05) is 11.9 Å². The highest BCUT2D eigenvalue weighted by atomic mass is 79.9. The third kappa shape index (κ3) is 4.72. The fraction of sp³-hybridized carbons (Fsp3) is 0.286. The molecule has 168 valence electrons. The first kappa shape index (κ1) is 22.5. The first-order chi connectivity index (χ1) is 15.4. The molecule has 3 aromatic rings. The first-order valence-corrected chi connectivity index (χ1v) is 10.9. The van der Waals surface area contributed by atoms with Crippen LogP contribution in [0, 0.1) is 5.82 Å². The van der Waals surface area contributed by atoms with Gasteiger partial charge >= 0.3 is 0 Å². The Kier molecular flexibility index (Phi) is 6.63. The summed E-state index contributed by atoms with van der Waals surface area (Å²) in [4.78, 5) is 22.2. The second-order valence-electron chi connectivity index (χ2n) is 7.36. The molecule has 0 aliphatic carbocycles. The summed E-state index contributed by atoms with van der Waals surface area (Å²) in [5.41, 5.74) is 0.751. The minimum Gasteiger partial charge on any atom is -0.493 e. The van der Waals surface area contributed by atoms with E-state index in [9.17, 15) is 9.18 Å². The summed E-state index contributed by atoms with van der Waals surface area (Å²) in [5.74, 6) is 0.684. The van der Waals surface area contributed by atoms with Crippen molar-refractivity contribution in [2.75, 3.05) is 39.2 Å². The van der Waals surface area contributed by atoms with Crippen molar-refractivity contribution in [3.05, 3.63) is 45.9 Å². The van der Waals surface area contributed by atoms with Crippen LogP contribution in [0.25, 0.3) is 10.9 Å². The lowest BCUT2D eigenvalue weighted by Gasteiger charge is -2.30. The highest BCUT2D eigenvalue weighted by Gasteiger charge is 2.23. The molecule has 0 bridgehead atoms. The maximum absolute atomic E-state index is 14.5. The fourth-order valence-corrected chi connectivity index (χ4v) is 3.95. The molecular weight excluding hydrogens is 505 g/mol. The number of ether oxygens (including phenoxy) is 2. The van der Waals surface area contributed by atoms with Crippen LogP contribution in [0.1, 0.15) is 0 Å². The highest BCUT2D eigenvalue weighted by molar-refractivity contribution is 9.10. The van der Waals surface area contributed by atoms with Gasteiger partial charge in [0.05, 0.1) is 35.9 Å². The average Bonchev–Trinajstić information content (AvgIpc) is 2.77. The van der Waals surface area contributed by atoms with Gasteiger partial charge in [-0.3, -0.25) is 9.69 Å². The van der Waals surface area contributed by atoms with E-state index >= 15 is 0 Å². The molecule has 1 saturated heterocycles. The molecule has 11 heteroatoms. The van der Waals surface area contributed by atoms with Gasteiger partial charge in [0.25, 0.3) is 0 Å². The maximum Gasteiger partial charge on any atom is 0.234 e. The van der Waals surface area contributed by atoms with E-state index in [-0.39, 0.29) is 29.3 Å². The minimum absolute atomic E-state index is 0.0259. The van der Waals surface area contributed by atoms with Crippen LogP contribution in [0.5, 0.6) is 11.5 Å². The van der Waals surface area contributed by atoms with E-state index in [1.165, 1.54) is 13.4 Å². The molecule has 0 saturated carbocycles. The molecular formula is C21H20BrClFN5O3. The van der Waals surface area contributed by atoms with Crippen molar-refractivity contribution in [1.82, 2.24) is 20.2 Å². The number of likely N-dealkylation sites (N-methyl/N-ethyl adjacent to an activating group) is 1. The Morgan fingerprint density at radius 3 is 2.91 bits per heavy atom. The van der Waals surface area contributed by atoms with Crippen LogP contribution in [0.2, 0.25) is 5.02 Å². The molecule has 32 heavy (non-hydrogen) atoms. The van der Waals surface area contributed by atoms with Crippen molar-refractivity contribution in [2.45, 2.75) is 6.04 Å². The predicted molar refractivity (Wildman–Crippen MR) is 123 cm³/mol. The van der Waals surface area contributed by atoms with Crippen LogP contribution in [0.15, 0.2) is 35.1 Å². The molecule has 1 aromatic heterocycles. The second-order valence-corrected chi connectivity index (χ2v) is 8.59. The molecule has 0 spiro atoms. The zero-order valence-corrected chi connectivity index (χ0v) is 19.6. The predicted octanol–water partition coefficient (Wildman–Crippen LogP) is 3.75. The van der Waals surface area contributed by atoms with Crippen molar-refractivity contribution in [2.24, 2.45) is 0 Å². The second kappa shape index (κ2) is 9.43. The summed E-state index contributed by atoms with van der Waals surface area (Å²) >= 11 is 9.19. The number of carbonyl (C=O) groups excluding carboxylic acids is 1. The van der Waals surface area contributed by atoms with E-state index in [4.69, 9.17) is 21.1 Å². The van der Waals surface area contributed by atoms with Crippen LogP contribution in [-0.4, -0.2) is 60.7 Å². The van der Waals surface area contributed by atoms with Crippen LogP contribution < -0.4 is 20.1 Å². The van der Waals surface area contributed by atoms with Crippen LogP contribution in [0.4, 0.5) is 15.9 Å². The van der Waals surface area contributed by atoms with Crippen molar-refractivity contribution in [3.63, 3.8) is 0 Å². The van der Waals surface area contributed by atoms with E-state index in [0.29, 0.717) is 45.8 Å². The number of carbonyl (C=O) groups is 1. The number of aromatic nitrogens is 2. The third-order valence-electron chi connectivity index (χ3n) is 4.96. The Balaban J connectivity index is 1.61. The minimum atomic E-state index is -0.598. The lowest BCUT2D eigenvalue weighted by atomic mass is 10.2. The van der Waals surface area contributed by atoms with E-state index in [0.717, 1.165) is 0 Å². The van der Waals surface area contributed by atoms with Crippen molar-refractivity contribution in [1.29, 1.82) is 0 Å². The molecule has 1 unspecified atom stereocenters. The number of benzene rings is 2. The number of hydrogen-bond acceptors (Lipinski definition) is 7.